The molecule has 1 N–H and O–H groups in total. The number of anilines is 1. The summed E-state index contributed by atoms with van der Waals surface area (Å²) in [5.41, 5.74) is 1.47. The van der Waals surface area contributed by atoms with Crippen molar-refractivity contribution in [2.45, 2.75) is 43.6 Å². The van der Waals surface area contributed by atoms with Gasteiger partial charge >= 0.3 is 0 Å². The van der Waals surface area contributed by atoms with Crippen LogP contribution in [0.15, 0.2) is 18.2 Å². The lowest BCUT2D eigenvalue weighted by Crippen LogP contribution is -2.48. The van der Waals surface area contributed by atoms with Gasteiger partial charge in [-0.1, -0.05) is 12.1 Å². The summed E-state index contributed by atoms with van der Waals surface area (Å²) in [5.74, 6) is 0.0675. The Labute approximate surface area is 147 Å². The first-order chi connectivity index (χ1) is 12.1. The molecule has 3 aliphatic heterocycles. The fraction of sp³-hybridized carbons (Fsp3) is 0.579. The Morgan fingerprint density at radius 3 is 2.80 bits per heavy atom. The van der Waals surface area contributed by atoms with E-state index in [4.69, 9.17) is 9.47 Å². The zero-order valence-electron chi connectivity index (χ0n) is 14.5. The van der Waals surface area contributed by atoms with Gasteiger partial charge in [-0.2, -0.15) is 0 Å². The van der Waals surface area contributed by atoms with E-state index in [0.29, 0.717) is 24.5 Å². The van der Waals surface area contributed by atoms with Gasteiger partial charge < -0.3 is 19.7 Å². The molecule has 0 aliphatic carbocycles. The Hall–Kier alpha value is -2.08. The molecule has 134 valence electrons. The topological polar surface area (TPSA) is 67.9 Å². The second-order valence-corrected chi connectivity index (χ2v) is 7.19. The number of nitrogens with zero attached hydrogens (tertiary/aromatic N) is 1. The van der Waals surface area contributed by atoms with E-state index in [-0.39, 0.29) is 23.8 Å². The highest BCUT2D eigenvalue weighted by atomic mass is 16.5. The maximum Gasteiger partial charge on any atom is 0.230 e. The predicted octanol–water partition coefficient (Wildman–Crippen LogP) is 2.29. The van der Waals surface area contributed by atoms with E-state index in [1.165, 1.54) is 0 Å². The summed E-state index contributed by atoms with van der Waals surface area (Å²) >= 11 is 0. The third-order valence-electron chi connectivity index (χ3n) is 5.78. The minimum absolute atomic E-state index is 0.0121. The first kappa shape index (κ1) is 16.4. The van der Waals surface area contributed by atoms with E-state index in [1.54, 1.807) is 13.2 Å². The number of likely N-dealkylation sites (tertiary alicyclic amines) is 1. The van der Waals surface area contributed by atoms with E-state index in [0.717, 1.165) is 37.9 Å². The Balaban J connectivity index is 1.54. The van der Waals surface area contributed by atoms with E-state index in [2.05, 4.69) is 5.32 Å². The lowest BCUT2D eigenvalue weighted by atomic mass is 9.85. The Kier molecular flexibility index (Phi) is 4.15. The number of methoxy groups -OCH3 is 1. The number of piperidine rings is 1. The second kappa shape index (κ2) is 6.33. The minimum atomic E-state index is -0.433. The molecule has 6 heteroatoms. The summed E-state index contributed by atoms with van der Waals surface area (Å²) in [6.07, 6.45) is 4.19. The molecule has 3 heterocycles. The molecule has 1 aromatic rings. The number of rotatable bonds is 2. The number of benzene rings is 1. The SMILES string of the molecule is COc1cccc2c1NC(=O)C[C@H]2C(=O)N1CCC2(CCCO2)CC1. The fourth-order valence-corrected chi connectivity index (χ4v) is 4.35. The summed E-state index contributed by atoms with van der Waals surface area (Å²) in [6.45, 7) is 2.25. The fourth-order valence-electron chi connectivity index (χ4n) is 4.35. The van der Waals surface area contributed by atoms with Gasteiger partial charge in [-0.3, -0.25) is 9.59 Å². The largest absolute Gasteiger partial charge is 0.495 e. The van der Waals surface area contributed by atoms with Crippen molar-refractivity contribution in [1.29, 1.82) is 0 Å². The standard InChI is InChI=1S/C19H24N2O4/c1-24-15-5-2-4-13-14(12-16(22)20-17(13)15)18(23)21-9-7-19(8-10-21)6-3-11-25-19/h2,4-5,14H,3,6-12H2,1H3,(H,20,22)/t14-/m1/s1. The molecule has 6 nitrogen and oxygen atoms in total. The van der Waals surface area contributed by atoms with Crippen LogP contribution in [0, 0.1) is 0 Å². The number of ether oxygens (including phenoxy) is 2. The zero-order valence-corrected chi connectivity index (χ0v) is 14.5. The van der Waals surface area contributed by atoms with Gasteiger partial charge in [0.05, 0.1) is 24.3 Å². The summed E-state index contributed by atoms with van der Waals surface area (Å²) in [4.78, 5) is 27.2. The van der Waals surface area contributed by atoms with Gasteiger partial charge in [0.1, 0.15) is 5.75 Å². The molecule has 1 atom stereocenters. The van der Waals surface area contributed by atoms with Crippen LogP contribution < -0.4 is 10.1 Å². The maximum absolute atomic E-state index is 13.1. The molecule has 0 aromatic heterocycles. The Morgan fingerprint density at radius 1 is 1.32 bits per heavy atom. The number of carbonyl (C=O) groups excluding carboxylic acids is 2. The average Bonchev–Trinajstić information content (AvgIpc) is 3.08. The van der Waals surface area contributed by atoms with Gasteiger partial charge in [0.2, 0.25) is 11.8 Å². The van der Waals surface area contributed by atoms with Crippen molar-refractivity contribution >= 4 is 17.5 Å². The highest BCUT2D eigenvalue weighted by Crippen LogP contribution is 2.41. The second-order valence-electron chi connectivity index (χ2n) is 7.19. The smallest absolute Gasteiger partial charge is 0.230 e. The first-order valence-corrected chi connectivity index (χ1v) is 9.01. The molecule has 2 fully saturated rings. The molecule has 2 saturated heterocycles. The molecule has 1 aromatic carbocycles. The molecule has 2 amide bonds. The molecule has 0 unspecified atom stereocenters. The number of nitrogens with one attached hydrogen (secondary N) is 1. The Morgan fingerprint density at radius 2 is 2.12 bits per heavy atom. The molecule has 0 radical (unpaired) electrons. The van der Waals surface area contributed by atoms with Gasteiger partial charge in [0.25, 0.3) is 0 Å². The Bertz CT molecular complexity index is 687. The van der Waals surface area contributed by atoms with Crippen molar-refractivity contribution in [3.63, 3.8) is 0 Å². The van der Waals surface area contributed by atoms with Crippen LogP contribution in [0.25, 0.3) is 0 Å². The van der Waals surface area contributed by atoms with Crippen molar-refractivity contribution in [3.8, 4) is 5.75 Å². The van der Waals surface area contributed by atoms with Crippen molar-refractivity contribution in [2.75, 3.05) is 32.1 Å². The minimum Gasteiger partial charge on any atom is -0.495 e. The number of carbonyl (C=O) groups is 2. The number of hydrogen-bond donors (Lipinski definition) is 1. The number of hydrogen-bond acceptors (Lipinski definition) is 4. The lowest BCUT2D eigenvalue weighted by Gasteiger charge is -2.40. The van der Waals surface area contributed by atoms with Crippen LogP contribution in [0.3, 0.4) is 0 Å². The third kappa shape index (κ3) is 2.88. The highest BCUT2D eigenvalue weighted by Gasteiger charge is 2.42. The highest BCUT2D eigenvalue weighted by molar-refractivity contribution is 6.02. The van der Waals surface area contributed by atoms with Crippen LogP contribution >= 0.6 is 0 Å². The molecule has 1 spiro atoms. The van der Waals surface area contributed by atoms with Crippen molar-refractivity contribution < 1.29 is 19.1 Å². The van der Waals surface area contributed by atoms with Crippen LogP contribution in [0.4, 0.5) is 5.69 Å². The van der Waals surface area contributed by atoms with Crippen LogP contribution in [-0.4, -0.2) is 49.1 Å². The lowest BCUT2D eigenvalue weighted by molar-refractivity contribution is -0.139. The van der Waals surface area contributed by atoms with Gasteiger partial charge in [-0.15, -0.1) is 0 Å². The van der Waals surface area contributed by atoms with Crippen LogP contribution in [0.2, 0.25) is 0 Å². The monoisotopic (exact) mass is 344 g/mol. The van der Waals surface area contributed by atoms with Crippen LogP contribution in [0.5, 0.6) is 5.75 Å². The van der Waals surface area contributed by atoms with Crippen molar-refractivity contribution in [1.82, 2.24) is 4.90 Å². The zero-order chi connectivity index (χ0) is 17.4. The van der Waals surface area contributed by atoms with E-state index < -0.39 is 5.92 Å². The van der Waals surface area contributed by atoms with Gasteiger partial charge in [0.15, 0.2) is 0 Å². The molecule has 3 aliphatic rings. The maximum atomic E-state index is 13.1. The van der Waals surface area contributed by atoms with Gasteiger partial charge in [0, 0.05) is 26.1 Å². The van der Waals surface area contributed by atoms with Crippen molar-refractivity contribution in [3.05, 3.63) is 23.8 Å². The summed E-state index contributed by atoms with van der Waals surface area (Å²) in [7, 11) is 1.57. The molecule has 4 rings (SSSR count). The average molecular weight is 344 g/mol. The number of amides is 2. The van der Waals surface area contributed by atoms with Gasteiger partial charge in [-0.25, -0.2) is 0 Å². The van der Waals surface area contributed by atoms with E-state index in [9.17, 15) is 9.59 Å². The predicted molar refractivity (Wildman–Crippen MR) is 92.7 cm³/mol. The van der Waals surface area contributed by atoms with Gasteiger partial charge in [-0.05, 0) is 37.3 Å². The number of para-hydroxylation sites is 1. The molecule has 0 saturated carbocycles. The van der Waals surface area contributed by atoms with Crippen molar-refractivity contribution in [2.24, 2.45) is 0 Å². The van der Waals surface area contributed by atoms with Crippen LogP contribution in [-0.2, 0) is 14.3 Å². The van der Waals surface area contributed by atoms with E-state index in [1.807, 2.05) is 17.0 Å². The third-order valence-corrected chi connectivity index (χ3v) is 5.78. The summed E-state index contributed by atoms with van der Waals surface area (Å²) < 4.78 is 11.3. The summed E-state index contributed by atoms with van der Waals surface area (Å²) in [5, 5.41) is 2.85. The molecular formula is C19H24N2O4. The first-order valence-electron chi connectivity index (χ1n) is 9.01. The summed E-state index contributed by atoms with van der Waals surface area (Å²) in [6, 6.07) is 5.58. The quantitative estimate of drug-likeness (QED) is 0.894. The molecule has 0 bridgehead atoms. The van der Waals surface area contributed by atoms with E-state index >= 15 is 0 Å². The molecular weight excluding hydrogens is 320 g/mol. The normalized spacial score (nSPS) is 24.8. The van der Waals surface area contributed by atoms with Crippen LogP contribution in [0.1, 0.15) is 43.6 Å². The number of fused-ring (bicyclic) bond motifs is 1. The molecule has 25 heavy (non-hydrogen) atoms.